The van der Waals surface area contributed by atoms with Gasteiger partial charge < -0.3 is 20.7 Å². The van der Waals surface area contributed by atoms with E-state index in [-0.39, 0.29) is 43.8 Å². The van der Waals surface area contributed by atoms with Crippen molar-refractivity contribution in [3.05, 3.63) is 71.8 Å². The van der Waals surface area contributed by atoms with Gasteiger partial charge in [0.05, 0.1) is 19.6 Å². The lowest BCUT2D eigenvalue weighted by Crippen LogP contribution is -2.55. The fourth-order valence-electron chi connectivity index (χ4n) is 4.01. The third-order valence-corrected chi connectivity index (χ3v) is 6.02. The lowest BCUT2D eigenvalue weighted by atomic mass is 9.98. The van der Waals surface area contributed by atoms with Gasteiger partial charge in [-0.15, -0.1) is 0 Å². The summed E-state index contributed by atoms with van der Waals surface area (Å²) >= 11 is 0. The summed E-state index contributed by atoms with van der Waals surface area (Å²) in [6, 6.07) is 15.8. The number of ether oxygens (including phenoxy) is 1. The quantitative estimate of drug-likeness (QED) is 0.382. The number of hydrogen-bond donors (Lipinski definition) is 3. The number of nitrogens with one attached hydrogen (secondary N) is 3. The van der Waals surface area contributed by atoms with Crippen LogP contribution in [0, 0.1) is 0 Å². The maximum absolute atomic E-state index is 13.4. The summed E-state index contributed by atoms with van der Waals surface area (Å²) in [6.07, 6.45) is 0.857. The molecule has 2 aromatic rings. The standard InChI is InChI=1S/C27H31N3O6/c1-36-25(33)15-13-23(31)21(16-18-8-4-2-5-9-18)29-27(35)22(17-19-10-6-3-7-11-19)30-26(34)20-12-14-24(32)28-20/h2-11,20-22H,12-17H2,1H3,(H,28,32)(H,29,35)(H,30,34)/t20-,21+,22+/m1/s1. The van der Waals surface area contributed by atoms with E-state index in [1.807, 2.05) is 60.7 Å². The molecule has 9 nitrogen and oxygen atoms in total. The SMILES string of the molecule is COC(=O)CCC(=O)[C@H](Cc1ccccc1)NC(=O)[C@H](Cc1ccccc1)NC(=O)[C@H]1CCC(=O)N1. The van der Waals surface area contributed by atoms with Crippen molar-refractivity contribution in [2.75, 3.05) is 7.11 Å². The van der Waals surface area contributed by atoms with Crippen molar-refractivity contribution in [3.63, 3.8) is 0 Å². The van der Waals surface area contributed by atoms with Crippen LogP contribution < -0.4 is 16.0 Å². The van der Waals surface area contributed by atoms with Crippen molar-refractivity contribution < 1.29 is 28.7 Å². The molecule has 36 heavy (non-hydrogen) atoms. The minimum Gasteiger partial charge on any atom is -0.469 e. The van der Waals surface area contributed by atoms with Gasteiger partial charge in [0.25, 0.3) is 0 Å². The maximum Gasteiger partial charge on any atom is 0.305 e. The van der Waals surface area contributed by atoms with Crippen LogP contribution in [0.25, 0.3) is 0 Å². The van der Waals surface area contributed by atoms with Crippen LogP contribution in [0.1, 0.15) is 36.8 Å². The Bertz CT molecular complexity index is 1070. The molecular weight excluding hydrogens is 462 g/mol. The zero-order valence-electron chi connectivity index (χ0n) is 20.2. The third-order valence-electron chi connectivity index (χ3n) is 6.02. The average Bonchev–Trinajstić information content (AvgIpc) is 3.33. The van der Waals surface area contributed by atoms with Crippen molar-refractivity contribution in [2.24, 2.45) is 0 Å². The molecule has 1 heterocycles. The molecule has 0 aliphatic carbocycles. The molecule has 3 rings (SSSR count). The summed E-state index contributed by atoms with van der Waals surface area (Å²) in [7, 11) is 1.25. The molecule has 0 radical (unpaired) electrons. The van der Waals surface area contributed by atoms with E-state index in [0.717, 1.165) is 11.1 Å². The Hall–Kier alpha value is -4.01. The lowest BCUT2D eigenvalue weighted by molar-refractivity contribution is -0.142. The molecule has 0 spiro atoms. The number of benzene rings is 2. The molecule has 3 amide bonds. The summed E-state index contributed by atoms with van der Waals surface area (Å²) in [5, 5.41) is 8.14. The highest BCUT2D eigenvalue weighted by Crippen LogP contribution is 2.11. The number of hydrogen-bond acceptors (Lipinski definition) is 6. The summed E-state index contributed by atoms with van der Waals surface area (Å²) < 4.78 is 4.63. The molecule has 1 aliphatic rings. The van der Waals surface area contributed by atoms with Crippen LogP contribution in [0.15, 0.2) is 60.7 Å². The van der Waals surface area contributed by atoms with E-state index in [0.29, 0.717) is 6.42 Å². The predicted molar refractivity (Wildman–Crippen MR) is 132 cm³/mol. The number of Topliss-reactive ketones (excluding diaryl/α,β-unsaturated/α-hetero) is 1. The maximum atomic E-state index is 13.4. The second-order valence-corrected chi connectivity index (χ2v) is 8.70. The monoisotopic (exact) mass is 493 g/mol. The highest BCUT2D eigenvalue weighted by Gasteiger charge is 2.32. The fraction of sp³-hybridized carbons (Fsp3) is 0.370. The first-order valence-corrected chi connectivity index (χ1v) is 11.9. The van der Waals surface area contributed by atoms with Crippen LogP contribution in [-0.2, 0) is 41.6 Å². The number of carbonyl (C=O) groups excluding carboxylic acids is 5. The van der Waals surface area contributed by atoms with E-state index in [2.05, 4.69) is 20.7 Å². The molecule has 0 aromatic heterocycles. The molecule has 1 aliphatic heterocycles. The van der Waals surface area contributed by atoms with Crippen LogP contribution in [-0.4, -0.2) is 54.7 Å². The molecule has 0 bridgehead atoms. The third kappa shape index (κ3) is 8.04. The molecule has 0 saturated carbocycles. The second-order valence-electron chi connectivity index (χ2n) is 8.70. The lowest BCUT2D eigenvalue weighted by Gasteiger charge is -2.24. The Labute approximate surface area is 210 Å². The van der Waals surface area contributed by atoms with Crippen molar-refractivity contribution in [1.82, 2.24) is 16.0 Å². The molecule has 3 atom stereocenters. The van der Waals surface area contributed by atoms with Crippen LogP contribution >= 0.6 is 0 Å². The Morgan fingerprint density at radius 2 is 1.47 bits per heavy atom. The van der Waals surface area contributed by atoms with E-state index in [4.69, 9.17) is 0 Å². The van der Waals surface area contributed by atoms with Gasteiger partial charge in [0.1, 0.15) is 12.1 Å². The molecule has 2 aromatic carbocycles. The molecule has 9 heteroatoms. The molecule has 3 N–H and O–H groups in total. The summed E-state index contributed by atoms with van der Waals surface area (Å²) in [4.78, 5) is 62.3. The summed E-state index contributed by atoms with van der Waals surface area (Å²) in [5.74, 6) is -2.01. The van der Waals surface area contributed by atoms with Gasteiger partial charge in [0, 0.05) is 19.3 Å². The van der Waals surface area contributed by atoms with Gasteiger partial charge in [0.15, 0.2) is 5.78 Å². The normalized spacial score (nSPS) is 16.4. The van der Waals surface area contributed by atoms with E-state index in [1.54, 1.807) is 0 Å². The summed E-state index contributed by atoms with van der Waals surface area (Å²) in [5.41, 5.74) is 1.66. The van der Waals surface area contributed by atoms with Gasteiger partial charge in [-0.05, 0) is 24.0 Å². The molecule has 0 unspecified atom stereocenters. The van der Waals surface area contributed by atoms with Crippen LogP contribution in [0.2, 0.25) is 0 Å². The minimum absolute atomic E-state index is 0.0890. The Kier molecular flexibility index (Phi) is 9.73. The van der Waals surface area contributed by atoms with Gasteiger partial charge in [-0.3, -0.25) is 24.0 Å². The topological polar surface area (TPSA) is 131 Å². The predicted octanol–water partition coefficient (Wildman–Crippen LogP) is 1.24. The zero-order valence-corrected chi connectivity index (χ0v) is 20.2. The van der Waals surface area contributed by atoms with Gasteiger partial charge in [0.2, 0.25) is 17.7 Å². The highest BCUT2D eigenvalue weighted by molar-refractivity contribution is 5.96. The molecule has 1 fully saturated rings. The van der Waals surface area contributed by atoms with Crippen molar-refractivity contribution >= 4 is 29.5 Å². The summed E-state index contributed by atoms with van der Waals surface area (Å²) in [6.45, 7) is 0. The second kappa shape index (κ2) is 13.2. The van der Waals surface area contributed by atoms with E-state index < -0.39 is 35.9 Å². The van der Waals surface area contributed by atoms with Crippen molar-refractivity contribution in [2.45, 2.75) is 56.7 Å². The van der Waals surface area contributed by atoms with Gasteiger partial charge in [-0.25, -0.2) is 0 Å². The van der Waals surface area contributed by atoms with Crippen LogP contribution in [0.5, 0.6) is 0 Å². The molecule has 190 valence electrons. The van der Waals surface area contributed by atoms with Crippen LogP contribution in [0.4, 0.5) is 0 Å². The van der Waals surface area contributed by atoms with Gasteiger partial charge in [-0.2, -0.15) is 0 Å². The largest absolute Gasteiger partial charge is 0.469 e. The number of amides is 3. The molecular formula is C27H31N3O6. The Morgan fingerprint density at radius 1 is 0.889 bits per heavy atom. The molecule has 1 saturated heterocycles. The van der Waals surface area contributed by atoms with Crippen molar-refractivity contribution in [3.8, 4) is 0 Å². The number of esters is 1. The van der Waals surface area contributed by atoms with Gasteiger partial charge >= 0.3 is 5.97 Å². The zero-order chi connectivity index (χ0) is 25.9. The first-order chi connectivity index (χ1) is 17.4. The van der Waals surface area contributed by atoms with E-state index >= 15 is 0 Å². The van der Waals surface area contributed by atoms with Crippen molar-refractivity contribution in [1.29, 1.82) is 0 Å². The van der Waals surface area contributed by atoms with E-state index in [1.165, 1.54) is 7.11 Å². The highest BCUT2D eigenvalue weighted by atomic mass is 16.5. The first-order valence-electron chi connectivity index (χ1n) is 11.9. The minimum atomic E-state index is -0.968. The first kappa shape index (κ1) is 26.6. The number of methoxy groups -OCH3 is 1. The number of rotatable bonds is 12. The Morgan fingerprint density at radius 3 is 2.00 bits per heavy atom. The smallest absolute Gasteiger partial charge is 0.305 e. The fourth-order valence-corrected chi connectivity index (χ4v) is 4.01. The van der Waals surface area contributed by atoms with E-state index in [9.17, 15) is 24.0 Å². The van der Waals surface area contributed by atoms with Crippen LogP contribution in [0.3, 0.4) is 0 Å². The average molecular weight is 494 g/mol. The number of carbonyl (C=O) groups is 5. The Balaban J connectivity index is 1.76. The van der Waals surface area contributed by atoms with Gasteiger partial charge in [-0.1, -0.05) is 60.7 Å². The number of ketones is 1.